The second-order valence-corrected chi connectivity index (χ2v) is 2.89. The first-order valence-corrected chi connectivity index (χ1v) is 3.89. The van der Waals surface area contributed by atoms with Crippen LogP contribution in [0.15, 0.2) is 24.1 Å². The Morgan fingerprint density at radius 1 is 1.79 bits per heavy atom. The van der Waals surface area contributed by atoms with Gasteiger partial charge in [0.25, 0.3) is 6.47 Å². The third-order valence-electron chi connectivity index (χ3n) is 1.95. The minimum atomic E-state index is -1.61. The number of carbonyl (C=O) groups excluding carboxylic acids is 1. The van der Waals surface area contributed by atoms with Crippen LogP contribution in [0.3, 0.4) is 0 Å². The SMILES string of the molecule is [C-]#[N+]C1=CC(O)(/C=C/OC=O)C(O)C1. The average Bonchev–Trinajstić information content (AvgIpc) is 2.44. The molecular formula is C9H9NO4. The molecule has 0 amide bonds. The number of hydrogen-bond donors (Lipinski definition) is 2. The van der Waals surface area contributed by atoms with Gasteiger partial charge in [0, 0.05) is 6.42 Å². The molecule has 0 saturated carbocycles. The molecule has 0 aromatic carbocycles. The van der Waals surface area contributed by atoms with Crippen molar-refractivity contribution in [3.05, 3.63) is 35.5 Å². The van der Waals surface area contributed by atoms with Gasteiger partial charge in [-0.25, -0.2) is 4.85 Å². The molecule has 0 radical (unpaired) electrons. The van der Waals surface area contributed by atoms with Gasteiger partial charge in [0.2, 0.25) is 0 Å². The van der Waals surface area contributed by atoms with E-state index in [0.717, 1.165) is 12.3 Å². The van der Waals surface area contributed by atoms with Crippen LogP contribution in [-0.2, 0) is 9.53 Å². The molecule has 2 unspecified atom stereocenters. The second kappa shape index (κ2) is 4.05. The van der Waals surface area contributed by atoms with Crippen LogP contribution in [-0.4, -0.2) is 28.4 Å². The van der Waals surface area contributed by atoms with Crippen molar-refractivity contribution in [2.75, 3.05) is 0 Å². The van der Waals surface area contributed by atoms with Crippen molar-refractivity contribution in [1.82, 2.24) is 0 Å². The number of rotatable bonds is 3. The fraction of sp³-hybridized carbons (Fsp3) is 0.333. The Morgan fingerprint density at radius 2 is 2.50 bits per heavy atom. The van der Waals surface area contributed by atoms with Gasteiger partial charge in [0.05, 0.1) is 18.9 Å². The fourth-order valence-electron chi connectivity index (χ4n) is 1.20. The van der Waals surface area contributed by atoms with Gasteiger partial charge in [-0.1, -0.05) is 0 Å². The third-order valence-corrected chi connectivity index (χ3v) is 1.95. The van der Waals surface area contributed by atoms with E-state index in [1.165, 1.54) is 6.08 Å². The average molecular weight is 195 g/mol. The molecule has 0 aliphatic heterocycles. The first-order valence-electron chi connectivity index (χ1n) is 3.89. The lowest BCUT2D eigenvalue weighted by Crippen LogP contribution is -2.34. The summed E-state index contributed by atoms with van der Waals surface area (Å²) < 4.78 is 4.24. The molecule has 0 saturated heterocycles. The van der Waals surface area contributed by atoms with E-state index in [0.29, 0.717) is 0 Å². The minimum Gasteiger partial charge on any atom is -0.437 e. The van der Waals surface area contributed by atoms with E-state index in [9.17, 15) is 15.0 Å². The van der Waals surface area contributed by atoms with Crippen molar-refractivity contribution in [2.24, 2.45) is 0 Å². The monoisotopic (exact) mass is 195 g/mol. The Kier molecular flexibility index (Phi) is 3.02. The predicted octanol–water partition coefficient (Wildman–Crippen LogP) is -0.0280. The van der Waals surface area contributed by atoms with Crippen LogP contribution in [0.1, 0.15) is 6.42 Å². The number of ether oxygens (including phenoxy) is 1. The highest BCUT2D eigenvalue weighted by atomic mass is 16.5. The van der Waals surface area contributed by atoms with Crippen molar-refractivity contribution in [1.29, 1.82) is 0 Å². The van der Waals surface area contributed by atoms with Gasteiger partial charge in [-0.3, -0.25) is 4.79 Å². The lowest BCUT2D eigenvalue weighted by atomic mass is 10.0. The molecule has 5 nitrogen and oxygen atoms in total. The number of aliphatic hydroxyl groups is 2. The molecule has 0 aromatic heterocycles. The molecule has 2 atom stereocenters. The Balaban J connectivity index is 2.79. The molecular weight excluding hydrogens is 186 g/mol. The van der Waals surface area contributed by atoms with Crippen molar-refractivity contribution in [2.45, 2.75) is 18.1 Å². The van der Waals surface area contributed by atoms with E-state index in [2.05, 4.69) is 9.58 Å². The first kappa shape index (κ1) is 10.4. The van der Waals surface area contributed by atoms with Crippen molar-refractivity contribution < 1.29 is 19.7 Å². The zero-order chi connectivity index (χ0) is 10.6. The van der Waals surface area contributed by atoms with E-state index in [1.807, 2.05) is 0 Å². The van der Waals surface area contributed by atoms with Crippen LogP contribution in [0, 0.1) is 6.57 Å². The number of carbonyl (C=O) groups is 1. The molecule has 0 aromatic rings. The third kappa shape index (κ3) is 1.99. The Hall–Kier alpha value is -1.64. The van der Waals surface area contributed by atoms with Gasteiger partial charge in [-0.15, -0.1) is 0 Å². The molecule has 5 heteroatoms. The molecule has 14 heavy (non-hydrogen) atoms. The van der Waals surface area contributed by atoms with E-state index in [4.69, 9.17) is 6.57 Å². The Labute approximate surface area is 80.7 Å². The van der Waals surface area contributed by atoms with Crippen LogP contribution >= 0.6 is 0 Å². The van der Waals surface area contributed by atoms with Crippen molar-refractivity contribution in [3.63, 3.8) is 0 Å². The van der Waals surface area contributed by atoms with Gasteiger partial charge < -0.3 is 14.9 Å². The van der Waals surface area contributed by atoms with E-state index < -0.39 is 11.7 Å². The maximum atomic E-state index is 9.80. The molecule has 1 rings (SSSR count). The normalized spacial score (nSPS) is 31.2. The number of nitrogens with zero attached hydrogens (tertiary/aromatic N) is 1. The van der Waals surface area contributed by atoms with Crippen LogP contribution in [0.2, 0.25) is 0 Å². The topological polar surface area (TPSA) is 71.1 Å². The maximum absolute atomic E-state index is 9.80. The van der Waals surface area contributed by atoms with E-state index in [-0.39, 0.29) is 18.6 Å². The highest BCUT2D eigenvalue weighted by Crippen LogP contribution is 2.30. The summed E-state index contributed by atoms with van der Waals surface area (Å²) in [5.74, 6) is 0. The minimum absolute atomic E-state index is 0.103. The summed E-state index contributed by atoms with van der Waals surface area (Å²) in [6.07, 6.45) is 2.38. The molecule has 74 valence electrons. The van der Waals surface area contributed by atoms with Crippen LogP contribution in [0.5, 0.6) is 0 Å². The summed E-state index contributed by atoms with van der Waals surface area (Å²) in [7, 11) is 0. The molecule has 1 aliphatic rings. The first-order chi connectivity index (χ1) is 6.62. The molecule has 0 heterocycles. The number of aliphatic hydroxyl groups excluding tert-OH is 1. The summed E-state index contributed by atoms with van der Waals surface area (Å²) in [5, 5.41) is 19.1. The molecule has 0 spiro atoms. The molecule has 0 bridgehead atoms. The zero-order valence-electron chi connectivity index (χ0n) is 7.25. The van der Waals surface area contributed by atoms with Crippen molar-refractivity contribution in [3.8, 4) is 0 Å². The van der Waals surface area contributed by atoms with Gasteiger partial charge in [0.1, 0.15) is 5.60 Å². The summed E-state index contributed by atoms with van der Waals surface area (Å²) >= 11 is 0. The summed E-state index contributed by atoms with van der Waals surface area (Å²) in [4.78, 5) is 12.9. The quantitative estimate of drug-likeness (QED) is 0.377. The summed E-state index contributed by atoms with van der Waals surface area (Å²) in [6, 6.07) is 0. The largest absolute Gasteiger partial charge is 0.437 e. The van der Waals surface area contributed by atoms with E-state index in [1.54, 1.807) is 0 Å². The highest BCUT2D eigenvalue weighted by Gasteiger charge is 2.37. The maximum Gasteiger partial charge on any atom is 0.297 e. The Bertz CT molecular complexity index is 328. The standard InChI is InChI=1S/C9H9NO4/c1-10-7-4-8(12)9(13,5-7)2-3-14-6-11/h2-3,5-6,8,12-13H,4H2/b3-2+. The van der Waals surface area contributed by atoms with Gasteiger partial charge in [0.15, 0.2) is 5.70 Å². The lowest BCUT2D eigenvalue weighted by Gasteiger charge is -2.20. The molecule has 0 fully saturated rings. The van der Waals surface area contributed by atoms with Crippen LogP contribution in [0.4, 0.5) is 0 Å². The van der Waals surface area contributed by atoms with Gasteiger partial charge in [-0.2, -0.15) is 0 Å². The molecule has 2 N–H and O–H groups in total. The number of hydrogen-bond acceptors (Lipinski definition) is 4. The van der Waals surface area contributed by atoms with Crippen LogP contribution in [0.25, 0.3) is 4.85 Å². The van der Waals surface area contributed by atoms with Crippen molar-refractivity contribution >= 4 is 6.47 Å². The summed E-state index contributed by atoms with van der Waals surface area (Å²) in [6.45, 7) is 6.90. The smallest absolute Gasteiger partial charge is 0.297 e. The van der Waals surface area contributed by atoms with Crippen LogP contribution < -0.4 is 0 Å². The summed E-state index contributed by atoms with van der Waals surface area (Å²) in [5.41, 5.74) is -1.32. The fourth-order valence-corrected chi connectivity index (χ4v) is 1.20. The molecule has 1 aliphatic carbocycles. The zero-order valence-corrected chi connectivity index (χ0v) is 7.25. The second-order valence-electron chi connectivity index (χ2n) is 2.89. The van der Waals surface area contributed by atoms with Gasteiger partial charge in [-0.05, 0) is 12.2 Å². The Morgan fingerprint density at radius 3 is 3.00 bits per heavy atom. The van der Waals surface area contributed by atoms with E-state index >= 15 is 0 Å². The highest BCUT2D eigenvalue weighted by molar-refractivity contribution is 5.39. The lowest BCUT2D eigenvalue weighted by molar-refractivity contribution is -0.123. The predicted molar refractivity (Wildman–Crippen MR) is 46.5 cm³/mol. The van der Waals surface area contributed by atoms with Gasteiger partial charge >= 0.3 is 0 Å².